The molecule has 0 spiro atoms. The summed E-state index contributed by atoms with van der Waals surface area (Å²) in [7, 11) is 0. The van der Waals surface area contributed by atoms with Crippen LogP contribution in [-0.2, 0) is 12.1 Å². The molecule has 2 rings (SSSR count). The Bertz CT molecular complexity index is 714. The number of rotatable bonds is 4. The molecule has 7 nitrogen and oxygen atoms in total. The number of nitrogens with two attached hydrogens (primary N) is 1. The Morgan fingerprint density at radius 2 is 2.20 bits per heavy atom. The number of thiazole rings is 1. The van der Waals surface area contributed by atoms with Crippen molar-refractivity contribution in [3.63, 3.8) is 0 Å². The van der Waals surface area contributed by atoms with E-state index < -0.39 is 16.8 Å². The molecule has 0 saturated heterocycles. The minimum atomic E-state index is -0.564. The predicted octanol–water partition coefficient (Wildman–Crippen LogP) is 0.942. The van der Waals surface area contributed by atoms with E-state index in [0.717, 1.165) is 5.01 Å². The fraction of sp³-hybridized carbons (Fsp3) is 0.417. The van der Waals surface area contributed by atoms with Crippen molar-refractivity contribution in [2.24, 2.45) is 0 Å². The van der Waals surface area contributed by atoms with Gasteiger partial charge in [0.15, 0.2) is 0 Å². The number of aromatic amines is 1. The normalized spacial score (nSPS) is 11.6. The molecule has 2 aromatic rings. The predicted molar refractivity (Wildman–Crippen MR) is 80.2 cm³/mol. The van der Waals surface area contributed by atoms with Gasteiger partial charge < -0.3 is 11.1 Å². The zero-order valence-corrected chi connectivity index (χ0v) is 12.4. The van der Waals surface area contributed by atoms with Crippen LogP contribution in [0.1, 0.15) is 25.8 Å². The molecule has 0 aliphatic heterocycles. The molecule has 0 bridgehead atoms. The van der Waals surface area contributed by atoms with Gasteiger partial charge in [-0.2, -0.15) is 0 Å². The maximum atomic E-state index is 11.9. The second-order valence-corrected chi connectivity index (χ2v) is 5.75. The van der Waals surface area contributed by atoms with E-state index in [9.17, 15) is 9.59 Å². The number of H-pyrrole nitrogens is 1. The lowest BCUT2D eigenvalue weighted by Gasteiger charge is -2.25. The summed E-state index contributed by atoms with van der Waals surface area (Å²) in [6.45, 7) is 5.96. The fourth-order valence-corrected chi connectivity index (χ4v) is 2.64. The van der Waals surface area contributed by atoms with E-state index >= 15 is 0 Å². The minimum absolute atomic E-state index is 0.130. The number of anilines is 2. The lowest BCUT2D eigenvalue weighted by atomic mass is 10.1. The van der Waals surface area contributed by atoms with Crippen molar-refractivity contribution >= 4 is 22.8 Å². The van der Waals surface area contributed by atoms with E-state index in [1.807, 2.05) is 19.2 Å². The van der Waals surface area contributed by atoms with Crippen molar-refractivity contribution in [2.75, 3.05) is 11.1 Å². The van der Waals surface area contributed by atoms with E-state index in [1.54, 1.807) is 13.1 Å². The third-order valence-electron chi connectivity index (χ3n) is 2.96. The van der Waals surface area contributed by atoms with Crippen molar-refractivity contribution in [1.29, 1.82) is 0 Å². The Morgan fingerprint density at radius 3 is 2.75 bits per heavy atom. The summed E-state index contributed by atoms with van der Waals surface area (Å²) in [4.78, 5) is 30.1. The lowest BCUT2D eigenvalue weighted by molar-refractivity contribution is 0.599. The number of nitrogen functional groups attached to an aromatic ring is 1. The molecule has 0 saturated carbocycles. The van der Waals surface area contributed by atoms with Gasteiger partial charge in [-0.25, -0.2) is 9.78 Å². The van der Waals surface area contributed by atoms with Crippen molar-refractivity contribution in [1.82, 2.24) is 14.5 Å². The van der Waals surface area contributed by atoms with Gasteiger partial charge in [-0.05, 0) is 20.8 Å². The Balaban J connectivity index is 2.50. The summed E-state index contributed by atoms with van der Waals surface area (Å²) in [6, 6.07) is 0. The van der Waals surface area contributed by atoms with Crippen molar-refractivity contribution in [3.8, 4) is 0 Å². The second-order valence-electron chi connectivity index (χ2n) is 4.85. The average molecular weight is 295 g/mol. The van der Waals surface area contributed by atoms with Crippen molar-refractivity contribution < 1.29 is 0 Å². The number of hydrogen-bond donors (Lipinski definition) is 3. The molecule has 8 heteroatoms. The van der Waals surface area contributed by atoms with Crippen molar-refractivity contribution in [2.45, 2.75) is 32.9 Å². The molecule has 0 amide bonds. The molecular formula is C12H17N5O2S. The topological polar surface area (TPSA) is 106 Å². The summed E-state index contributed by atoms with van der Waals surface area (Å²) in [6.07, 6.45) is 1.70. The van der Waals surface area contributed by atoms with Gasteiger partial charge in [0.1, 0.15) is 16.5 Å². The molecule has 0 atom stereocenters. The van der Waals surface area contributed by atoms with E-state index in [4.69, 9.17) is 5.73 Å². The molecular weight excluding hydrogens is 278 g/mol. The fourth-order valence-electron chi connectivity index (χ4n) is 1.92. The third kappa shape index (κ3) is 2.46. The van der Waals surface area contributed by atoms with Crippen LogP contribution in [0, 0.1) is 0 Å². The molecule has 108 valence electrons. The van der Waals surface area contributed by atoms with Crippen LogP contribution in [0.5, 0.6) is 0 Å². The van der Waals surface area contributed by atoms with Crippen LogP contribution in [0.2, 0.25) is 0 Å². The molecule has 0 aromatic carbocycles. The lowest BCUT2D eigenvalue weighted by Crippen LogP contribution is -2.37. The zero-order chi connectivity index (χ0) is 14.9. The van der Waals surface area contributed by atoms with Crippen LogP contribution < -0.4 is 22.3 Å². The highest BCUT2D eigenvalue weighted by molar-refractivity contribution is 7.09. The quantitative estimate of drug-likeness (QED) is 0.778. The molecule has 0 aliphatic carbocycles. The first-order chi connectivity index (χ1) is 9.36. The van der Waals surface area contributed by atoms with Gasteiger partial charge in [0.05, 0.1) is 5.54 Å². The summed E-state index contributed by atoms with van der Waals surface area (Å²) in [5.41, 5.74) is 4.51. The third-order valence-corrected chi connectivity index (χ3v) is 4.06. The van der Waals surface area contributed by atoms with Crippen molar-refractivity contribution in [3.05, 3.63) is 37.4 Å². The van der Waals surface area contributed by atoms with Crippen LogP contribution >= 0.6 is 11.3 Å². The van der Waals surface area contributed by atoms with Crippen LogP contribution in [0.4, 0.5) is 11.5 Å². The number of nitrogens with one attached hydrogen (secondary N) is 2. The molecule has 20 heavy (non-hydrogen) atoms. The van der Waals surface area contributed by atoms with Crippen LogP contribution in [0.15, 0.2) is 21.2 Å². The molecule has 2 aromatic heterocycles. The highest BCUT2D eigenvalue weighted by Crippen LogP contribution is 2.27. The monoisotopic (exact) mass is 295 g/mol. The van der Waals surface area contributed by atoms with Gasteiger partial charge in [0.2, 0.25) is 0 Å². The highest BCUT2D eigenvalue weighted by Gasteiger charge is 2.26. The van der Waals surface area contributed by atoms with Gasteiger partial charge in [0, 0.05) is 18.1 Å². The van der Waals surface area contributed by atoms with Crippen LogP contribution in [0.25, 0.3) is 0 Å². The molecule has 0 aliphatic rings. The SMILES string of the molecule is CCn1c(N)c(NC(C)(C)c2nccs2)c(=O)[nH]c1=O. The first-order valence-electron chi connectivity index (χ1n) is 6.17. The standard InChI is InChI=1S/C12H17N5O2S/c1-4-17-8(13)7(9(18)15-11(17)19)16-12(2,3)10-14-5-6-20-10/h5-6,16H,4,13H2,1-3H3,(H,15,18,19). The summed E-state index contributed by atoms with van der Waals surface area (Å²) >= 11 is 1.48. The zero-order valence-electron chi connectivity index (χ0n) is 11.6. The van der Waals surface area contributed by atoms with E-state index in [0.29, 0.717) is 6.54 Å². The number of aromatic nitrogens is 3. The van der Waals surface area contributed by atoms with E-state index in [2.05, 4.69) is 15.3 Å². The molecule has 4 N–H and O–H groups in total. The average Bonchev–Trinajstić information content (AvgIpc) is 2.89. The van der Waals surface area contributed by atoms with Gasteiger partial charge in [-0.15, -0.1) is 11.3 Å². The van der Waals surface area contributed by atoms with Gasteiger partial charge in [-0.3, -0.25) is 14.3 Å². The summed E-state index contributed by atoms with van der Waals surface area (Å²) in [5.74, 6) is 0.130. The smallest absolute Gasteiger partial charge is 0.330 e. The van der Waals surface area contributed by atoms with E-state index in [-0.39, 0.29) is 11.5 Å². The second kappa shape index (κ2) is 5.12. The van der Waals surface area contributed by atoms with Crippen LogP contribution in [-0.4, -0.2) is 14.5 Å². The maximum Gasteiger partial charge on any atom is 0.330 e. The maximum absolute atomic E-state index is 11.9. The molecule has 0 unspecified atom stereocenters. The largest absolute Gasteiger partial charge is 0.383 e. The van der Waals surface area contributed by atoms with Gasteiger partial charge in [-0.1, -0.05) is 0 Å². The Kier molecular flexibility index (Phi) is 3.67. The first kappa shape index (κ1) is 14.3. The van der Waals surface area contributed by atoms with Crippen LogP contribution in [0.3, 0.4) is 0 Å². The van der Waals surface area contributed by atoms with Gasteiger partial charge in [0.25, 0.3) is 5.56 Å². The van der Waals surface area contributed by atoms with E-state index in [1.165, 1.54) is 15.9 Å². The molecule has 0 fully saturated rings. The molecule has 0 radical (unpaired) electrons. The van der Waals surface area contributed by atoms with Gasteiger partial charge >= 0.3 is 5.69 Å². The Hall–Kier alpha value is -2.09. The first-order valence-corrected chi connectivity index (χ1v) is 7.05. The highest BCUT2D eigenvalue weighted by atomic mass is 32.1. The number of hydrogen-bond acceptors (Lipinski definition) is 6. The summed E-state index contributed by atoms with van der Waals surface area (Å²) < 4.78 is 1.31. The minimum Gasteiger partial charge on any atom is -0.383 e. The molecule has 2 heterocycles. The summed E-state index contributed by atoms with van der Waals surface area (Å²) in [5, 5.41) is 5.76. The Morgan fingerprint density at radius 1 is 1.50 bits per heavy atom. The Labute approximate surface area is 119 Å². The number of nitrogens with zero attached hydrogens (tertiary/aromatic N) is 2.